The van der Waals surface area contributed by atoms with Crippen molar-refractivity contribution in [1.29, 1.82) is 0 Å². The predicted molar refractivity (Wildman–Crippen MR) is 102 cm³/mol. The SMILES string of the molecule is COc1cc2c3c(c1OC)C1(C=CC(=O)C=C1)C[C@H]3N(C(=O)CCC(=O)[O-])CC2. The van der Waals surface area contributed by atoms with Gasteiger partial charge < -0.3 is 24.3 Å². The Morgan fingerprint density at radius 1 is 1.21 bits per heavy atom. The summed E-state index contributed by atoms with van der Waals surface area (Å²) in [5.41, 5.74) is 2.43. The van der Waals surface area contributed by atoms with E-state index in [-0.39, 0.29) is 30.6 Å². The average Bonchev–Trinajstić information content (AvgIpc) is 3.04. The lowest BCUT2D eigenvalue weighted by Crippen LogP contribution is -2.40. The number of nitrogens with zero attached hydrogens (tertiary/aromatic N) is 1. The van der Waals surface area contributed by atoms with Gasteiger partial charge in [0.25, 0.3) is 0 Å². The molecule has 1 aromatic carbocycles. The second-order valence-electron chi connectivity index (χ2n) is 7.60. The number of hydrogen-bond acceptors (Lipinski definition) is 6. The zero-order chi connectivity index (χ0) is 20.8. The highest BCUT2D eigenvalue weighted by Gasteiger charge is 2.50. The maximum absolute atomic E-state index is 12.8. The van der Waals surface area contributed by atoms with Gasteiger partial charge in [-0.1, -0.05) is 12.2 Å². The molecule has 152 valence electrons. The Bertz CT molecular complexity index is 945. The van der Waals surface area contributed by atoms with Gasteiger partial charge in [-0.3, -0.25) is 9.59 Å². The summed E-state index contributed by atoms with van der Waals surface area (Å²) in [6.07, 6.45) is 7.65. The second kappa shape index (κ2) is 7.06. The second-order valence-corrected chi connectivity index (χ2v) is 7.60. The Balaban J connectivity index is 1.84. The molecule has 0 fully saturated rings. The molecule has 0 saturated heterocycles. The van der Waals surface area contributed by atoms with Gasteiger partial charge in [-0.25, -0.2) is 0 Å². The van der Waals surface area contributed by atoms with E-state index in [0.717, 1.165) is 16.7 Å². The third-order valence-corrected chi connectivity index (χ3v) is 6.08. The minimum absolute atomic E-state index is 0.0838. The van der Waals surface area contributed by atoms with Crippen molar-refractivity contribution in [1.82, 2.24) is 4.90 Å². The molecule has 29 heavy (non-hydrogen) atoms. The Labute approximate surface area is 168 Å². The van der Waals surface area contributed by atoms with Crippen molar-refractivity contribution in [2.45, 2.75) is 37.1 Å². The zero-order valence-electron chi connectivity index (χ0n) is 16.4. The first-order valence-electron chi connectivity index (χ1n) is 9.60. The van der Waals surface area contributed by atoms with Crippen LogP contribution in [0.4, 0.5) is 0 Å². The number of fused-ring (bicyclic) bond motifs is 1. The first-order valence-corrected chi connectivity index (χ1v) is 9.60. The van der Waals surface area contributed by atoms with E-state index in [0.29, 0.717) is 30.9 Å². The van der Waals surface area contributed by atoms with E-state index in [1.54, 1.807) is 31.3 Å². The molecule has 1 spiro atoms. The number of ketones is 1. The molecule has 1 heterocycles. The van der Waals surface area contributed by atoms with Gasteiger partial charge in [-0.2, -0.15) is 0 Å². The number of allylic oxidation sites excluding steroid dienone is 4. The van der Waals surface area contributed by atoms with E-state index in [1.165, 1.54) is 0 Å². The van der Waals surface area contributed by atoms with Crippen molar-refractivity contribution in [3.05, 3.63) is 47.1 Å². The third-order valence-electron chi connectivity index (χ3n) is 6.08. The lowest BCUT2D eigenvalue weighted by molar-refractivity contribution is -0.305. The summed E-state index contributed by atoms with van der Waals surface area (Å²) in [6.45, 7) is 0.501. The topological polar surface area (TPSA) is 96.0 Å². The molecular weight excluding hydrogens is 374 g/mol. The number of ether oxygens (including phenoxy) is 2. The quantitative estimate of drug-likeness (QED) is 0.737. The minimum atomic E-state index is -1.23. The number of carbonyl (C=O) groups is 3. The number of carbonyl (C=O) groups excluding carboxylic acids is 3. The van der Waals surface area contributed by atoms with Crippen LogP contribution in [-0.2, 0) is 26.2 Å². The predicted octanol–water partition coefficient (Wildman–Crippen LogP) is 0.996. The summed E-state index contributed by atoms with van der Waals surface area (Å²) >= 11 is 0. The minimum Gasteiger partial charge on any atom is -0.550 e. The van der Waals surface area contributed by atoms with Crippen molar-refractivity contribution in [3.63, 3.8) is 0 Å². The fourth-order valence-electron chi connectivity index (χ4n) is 4.82. The van der Waals surface area contributed by atoms with Gasteiger partial charge in [0.05, 0.1) is 20.3 Å². The molecule has 2 aliphatic carbocycles. The lowest BCUT2D eigenvalue weighted by Gasteiger charge is -2.36. The van der Waals surface area contributed by atoms with Crippen molar-refractivity contribution in [2.24, 2.45) is 0 Å². The number of rotatable bonds is 5. The molecule has 7 heteroatoms. The molecule has 0 N–H and O–H groups in total. The molecule has 1 atom stereocenters. The fourth-order valence-corrected chi connectivity index (χ4v) is 4.82. The number of aliphatic carboxylic acids is 1. The smallest absolute Gasteiger partial charge is 0.223 e. The maximum atomic E-state index is 12.8. The van der Waals surface area contributed by atoms with Crippen LogP contribution in [0.25, 0.3) is 0 Å². The van der Waals surface area contributed by atoms with E-state index in [1.807, 2.05) is 18.2 Å². The van der Waals surface area contributed by atoms with Crippen LogP contribution in [0.2, 0.25) is 0 Å². The van der Waals surface area contributed by atoms with Crippen molar-refractivity contribution in [2.75, 3.05) is 20.8 Å². The largest absolute Gasteiger partial charge is 0.550 e. The third kappa shape index (κ3) is 3.01. The molecule has 7 nitrogen and oxygen atoms in total. The average molecular weight is 396 g/mol. The Kier molecular flexibility index (Phi) is 4.68. The summed E-state index contributed by atoms with van der Waals surface area (Å²) in [4.78, 5) is 37.2. The number of amides is 1. The first kappa shape index (κ1) is 19.2. The van der Waals surface area contributed by atoms with E-state index < -0.39 is 11.4 Å². The van der Waals surface area contributed by atoms with Gasteiger partial charge in [0.2, 0.25) is 5.91 Å². The van der Waals surface area contributed by atoms with Crippen molar-refractivity contribution >= 4 is 17.7 Å². The van der Waals surface area contributed by atoms with Gasteiger partial charge in [0, 0.05) is 29.9 Å². The van der Waals surface area contributed by atoms with E-state index in [4.69, 9.17) is 9.47 Å². The molecule has 1 amide bonds. The highest BCUT2D eigenvalue weighted by atomic mass is 16.5. The number of carboxylic acids is 1. The fraction of sp³-hybridized carbons (Fsp3) is 0.409. The molecule has 1 aliphatic heterocycles. The zero-order valence-corrected chi connectivity index (χ0v) is 16.4. The highest BCUT2D eigenvalue weighted by Crippen LogP contribution is 2.58. The number of methoxy groups -OCH3 is 2. The molecule has 0 bridgehead atoms. The van der Waals surface area contributed by atoms with E-state index in [9.17, 15) is 19.5 Å². The number of hydrogen-bond donors (Lipinski definition) is 0. The number of benzene rings is 1. The number of carboxylic acid groups (broad SMARTS) is 1. The van der Waals surface area contributed by atoms with Crippen LogP contribution < -0.4 is 14.6 Å². The van der Waals surface area contributed by atoms with Crippen LogP contribution in [0.1, 0.15) is 42.0 Å². The molecule has 0 unspecified atom stereocenters. The standard InChI is InChI=1S/C22H23NO6/c1-28-16-11-13-7-10-23(17(25)3-4-18(26)27)15-12-22(8-5-14(24)6-9-22)20(19(13)15)21(16)29-2/h5-6,8-9,11,15H,3-4,7,10,12H2,1-2H3,(H,26,27)/p-1/t15-/m1/s1. The van der Waals surface area contributed by atoms with Crippen LogP contribution in [0.15, 0.2) is 30.4 Å². The lowest BCUT2D eigenvalue weighted by atomic mass is 9.77. The summed E-state index contributed by atoms with van der Waals surface area (Å²) in [7, 11) is 3.17. The van der Waals surface area contributed by atoms with Gasteiger partial charge in [0.15, 0.2) is 17.3 Å². The summed E-state index contributed by atoms with van der Waals surface area (Å²) in [5.74, 6) is -0.303. The van der Waals surface area contributed by atoms with Crippen LogP contribution >= 0.6 is 0 Å². The molecule has 0 aromatic heterocycles. The Hall–Kier alpha value is -3.09. The highest BCUT2D eigenvalue weighted by molar-refractivity contribution is 6.01. The van der Waals surface area contributed by atoms with Crippen LogP contribution in [0.3, 0.4) is 0 Å². The van der Waals surface area contributed by atoms with Crippen LogP contribution in [0, 0.1) is 0 Å². The van der Waals surface area contributed by atoms with Crippen LogP contribution in [-0.4, -0.2) is 43.3 Å². The van der Waals surface area contributed by atoms with Crippen molar-refractivity contribution in [3.8, 4) is 11.5 Å². The van der Waals surface area contributed by atoms with E-state index >= 15 is 0 Å². The molecule has 3 aliphatic rings. The van der Waals surface area contributed by atoms with Gasteiger partial charge in [0.1, 0.15) is 0 Å². The summed E-state index contributed by atoms with van der Waals surface area (Å²) < 4.78 is 11.3. The summed E-state index contributed by atoms with van der Waals surface area (Å²) in [5, 5.41) is 10.8. The van der Waals surface area contributed by atoms with Gasteiger partial charge >= 0.3 is 0 Å². The monoisotopic (exact) mass is 396 g/mol. The van der Waals surface area contributed by atoms with Crippen LogP contribution in [0.5, 0.6) is 11.5 Å². The maximum Gasteiger partial charge on any atom is 0.223 e. The van der Waals surface area contributed by atoms with Gasteiger partial charge in [-0.15, -0.1) is 0 Å². The molecule has 1 aromatic rings. The van der Waals surface area contributed by atoms with E-state index in [2.05, 4.69) is 0 Å². The molecule has 0 radical (unpaired) electrons. The van der Waals surface area contributed by atoms with Crippen molar-refractivity contribution < 1.29 is 29.0 Å². The summed E-state index contributed by atoms with van der Waals surface area (Å²) in [6, 6.07) is 1.74. The van der Waals surface area contributed by atoms with Gasteiger partial charge in [-0.05, 0) is 48.6 Å². The molecular formula is C22H22NO6-. The normalized spacial score (nSPS) is 20.7. The Morgan fingerprint density at radius 2 is 1.93 bits per heavy atom. The first-order chi connectivity index (χ1) is 13.9. The Morgan fingerprint density at radius 3 is 2.55 bits per heavy atom. The molecule has 0 saturated carbocycles. The molecule has 4 rings (SSSR count).